The molecule has 0 radical (unpaired) electrons. The molecule has 3 unspecified atom stereocenters. The highest BCUT2D eigenvalue weighted by molar-refractivity contribution is 5.27. The minimum absolute atomic E-state index is 0.0295. The topological polar surface area (TPSA) is 44.7 Å². The van der Waals surface area contributed by atoms with Crippen molar-refractivity contribution < 1.29 is 18.3 Å². The van der Waals surface area contributed by atoms with E-state index in [9.17, 15) is 0 Å². The fourth-order valence-corrected chi connectivity index (χ4v) is 4.38. The molecular formula is C22H30O4. The Morgan fingerprint density at radius 1 is 0.923 bits per heavy atom. The van der Waals surface area contributed by atoms with Gasteiger partial charge in [0.15, 0.2) is 0 Å². The Kier molecular flexibility index (Phi) is 4.52. The number of hydrogen-bond donors (Lipinski definition) is 0. The Morgan fingerprint density at radius 3 is 2.46 bits per heavy atom. The molecule has 2 aromatic rings. The summed E-state index contributed by atoms with van der Waals surface area (Å²) in [6.45, 7) is 9.68. The van der Waals surface area contributed by atoms with Gasteiger partial charge in [-0.25, -0.2) is 0 Å². The molecule has 0 aromatic carbocycles. The largest absolute Gasteiger partial charge is 0.468 e. The van der Waals surface area contributed by atoms with Crippen LogP contribution < -0.4 is 0 Å². The highest BCUT2D eigenvalue weighted by Crippen LogP contribution is 2.45. The first kappa shape index (κ1) is 17.9. The predicted octanol–water partition coefficient (Wildman–Crippen LogP) is 5.62. The van der Waals surface area contributed by atoms with Gasteiger partial charge in [-0.05, 0) is 63.8 Å². The van der Waals surface area contributed by atoms with Crippen LogP contribution in [0, 0.1) is 5.41 Å². The lowest BCUT2D eigenvalue weighted by molar-refractivity contribution is -0.0909. The molecule has 0 bridgehead atoms. The van der Waals surface area contributed by atoms with Gasteiger partial charge in [-0.2, -0.15) is 0 Å². The van der Waals surface area contributed by atoms with E-state index in [0.717, 1.165) is 49.6 Å². The second kappa shape index (κ2) is 6.58. The molecule has 0 saturated carbocycles. The molecule has 4 heteroatoms. The summed E-state index contributed by atoms with van der Waals surface area (Å²) in [5, 5.41) is 0. The van der Waals surface area contributed by atoms with E-state index in [0.29, 0.717) is 6.10 Å². The molecule has 2 fully saturated rings. The van der Waals surface area contributed by atoms with Gasteiger partial charge < -0.3 is 18.3 Å². The Balaban J connectivity index is 1.47. The van der Waals surface area contributed by atoms with Crippen molar-refractivity contribution in [3.8, 4) is 0 Å². The van der Waals surface area contributed by atoms with Crippen molar-refractivity contribution >= 4 is 0 Å². The minimum Gasteiger partial charge on any atom is -0.468 e. The summed E-state index contributed by atoms with van der Waals surface area (Å²) >= 11 is 0. The average Bonchev–Trinajstić information content (AvgIpc) is 3.44. The maximum absolute atomic E-state index is 6.44. The molecule has 2 aromatic heterocycles. The van der Waals surface area contributed by atoms with Gasteiger partial charge >= 0.3 is 0 Å². The monoisotopic (exact) mass is 358 g/mol. The van der Waals surface area contributed by atoms with Crippen LogP contribution in [0.4, 0.5) is 0 Å². The first-order valence-electron chi connectivity index (χ1n) is 9.80. The maximum Gasteiger partial charge on any atom is 0.133 e. The van der Waals surface area contributed by atoms with Crippen LogP contribution in [0.3, 0.4) is 0 Å². The van der Waals surface area contributed by atoms with Crippen LogP contribution in [-0.4, -0.2) is 18.8 Å². The van der Waals surface area contributed by atoms with Crippen molar-refractivity contribution in [1.82, 2.24) is 0 Å². The number of ether oxygens (including phenoxy) is 2. The van der Waals surface area contributed by atoms with E-state index in [2.05, 4.69) is 39.8 Å². The highest BCUT2D eigenvalue weighted by Gasteiger charge is 2.45. The standard InChI is InChI=1S/C22H30O4/c1-21(2,17-7-5-13-23-17)19-11-9-15(25-19)16-10-12-20(26-16)22(3,4)18-8-6-14-24-18/h5,7,9,11,13,16,18,20H,6,8,10,12,14H2,1-4H3. The molecule has 26 heavy (non-hydrogen) atoms. The van der Waals surface area contributed by atoms with Crippen LogP contribution >= 0.6 is 0 Å². The Hall–Kier alpha value is -1.52. The lowest BCUT2D eigenvalue weighted by atomic mass is 9.78. The van der Waals surface area contributed by atoms with Gasteiger partial charge in [-0.3, -0.25) is 0 Å². The Labute approximate surface area is 155 Å². The molecular weight excluding hydrogens is 328 g/mol. The summed E-state index contributed by atoms with van der Waals surface area (Å²) in [4.78, 5) is 0. The normalized spacial score (nSPS) is 27.3. The quantitative estimate of drug-likeness (QED) is 0.695. The third-order valence-electron chi connectivity index (χ3n) is 6.31. The summed E-state index contributed by atoms with van der Waals surface area (Å²) in [5.41, 5.74) is -0.259. The maximum atomic E-state index is 6.44. The fraction of sp³-hybridized carbons (Fsp3) is 0.636. The van der Waals surface area contributed by atoms with Gasteiger partial charge in [0.05, 0.1) is 23.9 Å². The summed E-state index contributed by atoms with van der Waals surface area (Å²) < 4.78 is 24.2. The van der Waals surface area contributed by atoms with E-state index < -0.39 is 0 Å². The molecule has 2 aliphatic rings. The van der Waals surface area contributed by atoms with Crippen LogP contribution in [0.1, 0.15) is 76.8 Å². The molecule has 0 N–H and O–H groups in total. The highest BCUT2D eigenvalue weighted by atomic mass is 16.5. The van der Waals surface area contributed by atoms with Crippen LogP contribution in [0.25, 0.3) is 0 Å². The molecule has 3 atom stereocenters. The first-order chi connectivity index (χ1) is 12.4. The zero-order valence-corrected chi connectivity index (χ0v) is 16.3. The summed E-state index contributed by atoms with van der Waals surface area (Å²) in [7, 11) is 0. The smallest absolute Gasteiger partial charge is 0.133 e. The van der Waals surface area contributed by atoms with Gasteiger partial charge in [0.25, 0.3) is 0 Å². The van der Waals surface area contributed by atoms with Crippen molar-refractivity contribution in [3.63, 3.8) is 0 Å². The fourth-order valence-electron chi connectivity index (χ4n) is 4.38. The van der Waals surface area contributed by atoms with Crippen molar-refractivity contribution in [2.75, 3.05) is 6.61 Å². The van der Waals surface area contributed by atoms with Crippen molar-refractivity contribution in [1.29, 1.82) is 0 Å². The molecule has 0 aliphatic carbocycles. The second-order valence-electron chi connectivity index (χ2n) is 8.82. The van der Waals surface area contributed by atoms with Crippen molar-refractivity contribution in [2.45, 2.75) is 77.1 Å². The molecule has 0 spiro atoms. The summed E-state index contributed by atoms with van der Waals surface area (Å²) in [5.74, 6) is 2.74. The zero-order chi connectivity index (χ0) is 18.4. The van der Waals surface area contributed by atoms with E-state index in [4.69, 9.17) is 18.3 Å². The zero-order valence-electron chi connectivity index (χ0n) is 16.3. The van der Waals surface area contributed by atoms with Crippen LogP contribution in [-0.2, 0) is 14.9 Å². The van der Waals surface area contributed by atoms with Crippen LogP contribution in [0.15, 0.2) is 39.4 Å². The molecule has 4 heterocycles. The van der Waals surface area contributed by atoms with Gasteiger partial charge in [-0.15, -0.1) is 0 Å². The van der Waals surface area contributed by atoms with E-state index in [1.165, 1.54) is 0 Å². The number of rotatable bonds is 5. The third kappa shape index (κ3) is 3.03. The minimum atomic E-state index is -0.295. The van der Waals surface area contributed by atoms with Gasteiger partial charge in [-0.1, -0.05) is 13.8 Å². The summed E-state index contributed by atoms with van der Waals surface area (Å²) in [6, 6.07) is 8.03. The predicted molar refractivity (Wildman–Crippen MR) is 99.1 cm³/mol. The van der Waals surface area contributed by atoms with Crippen LogP contribution in [0.2, 0.25) is 0 Å². The molecule has 142 valence electrons. The third-order valence-corrected chi connectivity index (χ3v) is 6.31. The van der Waals surface area contributed by atoms with Gasteiger partial charge in [0, 0.05) is 12.0 Å². The Bertz CT molecular complexity index is 719. The van der Waals surface area contributed by atoms with E-state index in [-0.39, 0.29) is 23.0 Å². The van der Waals surface area contributed by atoms with E-state index in [1.54, 1.807) is 6.26 Å². The number of furan rings is 2. The molecule has 2 aliphatic heterocycles. The lowest BCUT2D eigenvalue weighted by Crippen LogP contribution is -2.39. The van der Waals surface area contributed by atoms with Gasteiger partial charge in [0.2, 0.25) is 0 Å². The lowest BCUT2D eigenvalue weighted by Gasteiger charge is -2.36. The average molecular weight is 358 g/mol. The van der Waals surface area contributed by atoms with Gasteiger partial charge in [0.1, 0.15) is 23.4 Å². The molecule has 0 amide bonds. The Morgan fingerprint density at radius 2 is 1.77 bits per heavy atom. The SMILES string of the molecule is CC(C)(c1ccco1)c1ccc(C2CCC(C(C)(C)C3CCCO3)O2)o1. The van der Waals surface area contributed by atoms with Crippen LogP contribution in [0.5, 0.6) is 0 Å². The van der Waals surface area contributed by atoms with E-state index >= 15 is 0 Å². The van der Waals surface area contributed by atoms with Crippen molar-refractivity contribution in [2.24, 2.45) is 5.41 Å². The molecule has 2 saturated heterocycles. The van der Waals surface area contributed by atoms with Crippen molar-refractivity contribution in [3.05, 3.63) is 47.8 Å². The molecule has 4 nitrogen and oxygen atoms in total. The summed E-state index contributed by atoms with van der Waals surface area (Å²) in [6.07, 6.45) is 6.59. The molecule has 4 rings (SSSR count). The first-order valence-corrected chi connectivity index (χ1v) is 9.80. The number of hydrogen-bond acceptors (Lipinski definition) is 4. The van der Waals surface area contributed by atoms with E-state index in [1.807, 2.05) is 12.1 Å². The second-order valence-corrected chi connectivity index (χ2v) is 8.82.